The van der Waals surface area contributed by atoms with E-state index in [1.807, 2.05) is 0 Å². The van der Waals surface area contributed by atoms with Crippen molar-refractivity contribution in [2.75, 3.05) is 0 Å². The lowest BCUT2D eigenvalue weighted by Crippen LogP contribution is -2.08. The van der Waals surface area contributed by atoms with Gasteiger partial charge in [-0.2, -0.15) is 0 Å². The molecule has 1 atom stereocenters. The highest BCUT2D eigenvalue weighted by Crippen LogP contribution is 2.31. The molecule has 82 valence electrons. The van der Waals surface area contributed by atoms with Crippen LogP contribution in [0, 0.1) is 5.92 Å². The molecular formula is C14H14OS. The van der Waals surface area contributed by atoms with Gasteiger partial charge in [-0.15, -0.1) is 11.3 Å². The summed E-state index contributed by atoms with van der Waals surface area (Å²) in [6.45, 7) is 0. The van der Waals surface area contributed by atoms with Gasteiger partial charge in [0.05, 0.1) is 0 Å². The van der Waals surface area contributed by atoms with Gasteiger partial charge in [0.1, 0.15) is 5.78 Å². The van der Waals surface area contributed by atoms with Crippen LogP contribution in [-0.4, -0.2) is 5.78 Å². The van der Waals surface area contributed by atoms with Gasteiger partial charge in [-0.25, -0.2) is 0 Å². The summed E-state index contributed by atoms with van der Waals surface area (Å²) in [5.74, 6) is 0.758. The second-order valence-electron chi connectivity index (χ2n) is 4.52. The lowest BCUT2D eigenvalue weighted by molar-refractivity contribution is -0.120. The summed E-state index contributed by atoms with van der Waals surface area (Å²) in [5, 5.41) is 3.56. The standard InChI is InChI=1S/C14H14OS/c15-13-6-3-4-10(13)8-11-9-16-14-7-2-1-5-12(11)14/h1-2,5,7,9-10H,3-4,6,8H2. The molecule has 0 radical (unpaired) electrons. The number of carbonyl (C=O) groups is 1. The minimum absolute atomic E-state index is 0.290. The van der Waals surface area contributed by atoms with Crippen LogP contribution in [0.4, 0.5) is 0 Å². The van der Waals surface area contributed by atoms with E-state index in [1.54, 1.807) is 11.3 Å². The van der Waals surface area contributed by atoms with Crippen molar-refractivity contribution in [3.8, 4) is 0 Å². The van der Waals surface area contributed by atoms with Crippen molar-refractivity contribution in [3.63, 3.8) is 0 Å². The van der Waals surface area contributed by atoms with Crippen LogP contribution in [0.15, 0.2) is 29.6 Å². The molecule has 0 spiro atoms. The summed E-state index contributed by atoms with van der Waals surface area (Å²) in [6.07, 6.45) is 3.92. The number of Topliss-reactive ketones (excluding diaryl/α,β-unsaturated/α-hetero) is 1. The molecule has 1 aromatic heterocycles. The molecule has 1 heterocycles. The summed E-state index contributed by atoms with van der Waals surface area (Å²) in [6, 6.07) is 8.47. The summed E-state index contributed by atoms with van der Waals surface area (Å²) in [4.78, 5) is 11.6. The molecule has 0 amide bonds. The van der Waals surface area contributed by atoms with Gasteiger partial charge in [0.25, 0.3) is 0 Å². The highest BCUT2D eigenvalue weighted by atomic mass is 32.1. The Labute approximate surface area is 99.1 Å². The van der Waals surface area contributed by atoms with Crippen molar-refractivity contribution >= 4 is 27.2 Å². The first kappa shape index (κ1) is 10.0. The predicted molar refractivity (Wildman–Crippen MR) is 67.9 cm³/mol. The third-order valence-electron chi connectivity index (χ3n) is 3.46. The Bertz CT molecular complexity index is 526. The fraction of sp³-hybridized carbons (Fsp3) is 0.357. The SMILES string of the molecule is O=C1CCCC1Cc1csc2ccccc12. The zero-order valence-electron chi connectivity index (χ0n) is 9.11. The minimum Gasteiger partial charge on any atom is -0.299 e. The van der Waals surface area contributed by atoms with Crippen molar-refractivity contribution in [1.82, 2.24) is 0 Å². The summed E-state index contributed by atoms with van der Waals surface area (Å²) < 4.78 is 1.34. The first-order chi connectivity index (χ1) is 7.84. The van der Waals surface area contributed by atoms with Crippen LogP contribution in [0.1, 0.15) is 24.8 Å². The summed E-state index contributed by atoms with van der Waals surface area (Å²) in [5.41, 5.74) is 1.36. The van der Waals surface area contributed by atoms with E-state index in [2.05, 4.69) is 29.6 Å². The number of carbonyl (C=O) groups excluding carboxylic acids is 1. The molecule has 1 aliphatic carbocycles. The first-order valence-electron chi connectivity index (χ1n) is 5.82. The molecule has 1 aliphatic rings. The molecule has 16 heavy (non-hydrogen) atoms. The lowest BCUT2D eigenvalue weighted by Gasteiger charge is -2.06. The zero-order chi connectivity index (χ0) is 11.0. The molecule has 3 rings (SSSR count). The zero-order valence-corrected chi connectivity index (χ0v) is 9.93. The summed E-state index contributed by atoms with van der Waals surface area (Å²) >= 11 is 1.79. The van der Waals surface area contributed by atoms with Gasteiger partial charge in [-0.05, 0) is 41.7 Å². The molecule has 2 aromatic rings. The number of ketones is 1. The van der Waals surface area contributed by atoms with Crippen LogP contribution < -0.4 is 0 Å². The van der Waals surface area contributed by atoms with Gasteiger partial charge in [0, 0.05) is 17.0 Å². The minimum atomic E-state index is 0.290. The van der Waals surface area contributed by atoms with Crippen LogP contribution >= 0.6 is 11.3 Å². The maximum absolute atomic E-state index is 11.6. The third kappa shape index (κ3) is 1.67. The lowest BCUT2D eigenvalue weighted by atomic mass is 9.97. The molecule has 0 aliphatic heterocycles. The molecule has 1 fully saturated rings. The molecule has 2 heteroatoms. The van der Waals surface area contributed by atoms with Gasteiger partial charge in [-0.3, -0.25) is 4.79 Å². The van der Waals surface area contributed by atoms with E-state index < -0.39 is 0 Å². The van der Waals surface area contributed by atoms with E-state index in [1.165, 1.54) is 15.6 Å². The second kappa shape index (κ2) is 4.02. The molecular weight excluding hydrogens is 216 g/mol. The first-order valence-corrected chi connectivity index (χ1v) is 6.70. The molecule has 1 saturated carbocycles. The number of thiophene rings is 1. The van der Waals surface area contributed by atoms with Crippen molar-refractivity contribution in [2.24, 2.45) is 5.92 Å². The Morgan fingerprint density at radius 2 is 2.19 bits per heavy atom. The third-order valence-corrected chi connectivity index (χ3v) is 4.47. The second-order valence-corrected chi connectivity index (χ2v) is 5.43. The average Bonchev–Trinajstić information content (AvgIpc) is 2.88. The largest absolute Gasteiger partial charge is 0.299 e. The monoisotopic (exact) mass is 230 g/mol. The number of rotatable bonds is 2. The van der Waals surface area contributed by atoms with Crippen molar-refractivity contribution in [2.45, 2.75) is 25.7 Å². The van der Waals surface area contributed by atoms with E-state index in [0.717, 1.165) is 25.7 Å². The quantitative estimate of drug-likeness (QED) is 0.766. The van der Waals surface area contributed by atoms with Crippen LogP contribution in [0.5, 0.6) is 0 Å². The molecule has 0 bridgehead atoms. The molecule has 1 unspecified atom stereocenters. The predicted octanol–water partition coefficient (Wildman–Crippen LogP) is 3.81. The maximum atomic E-state index is 11.6. The number of hydrogen-bond donors (Lipinski definition) is 0. The van der Waals surface area contributed by atoms with Gasteiger partial charge < -0.3 is 0 Å². The number of hydrogen-bond acceptors (Lipinski definition) is 2. The van der Waals surface area contributed by atoms with Gasteiger partial charge in [-0.1, -0.05) is 18.2 Å². The summed E-state index contributed by atoms with van der Waals surface area (Å²) in [7, 11) is 0. The number of fused-ring (bicyclic) bond motifs is 1. The Hall–Kier alpha value is -1.15. The van der Waals surface area contributed by atoms with E-state index in [9.17, 15) is 4.79 Å². The Balaban J connectivity index is 1.92. The van der Waals surface area contributed by atoms with Gasteiger partial charge >= 0.3 is 0 Å². The Morgan fingerprint density at radius 3 is 3.00 bits per heavy atom. The van der Waals surface area contributed by atoms with Crippen LogP contribution in [-0.2, 0) is 11.2 Å². The fourth-order valence-electron chi connectivity index (χ4n) is 2.56. The Morgan fingerprint density at radius 1 is 1.31 bits per heavy atom. The van der Waals surface area contributed by atoms with Gasteiger partial charge in [0.15, 0.2) is 0 Å². The molecule has 0 N–H and O–H groups in total. The van der Waals surface area contributed by atoms with Crippen molar-refractivity contribution < 1.29 is 4.79 Å². The highest BCUT2D eigenvalue weighted by Gasteiger charge is 2.25. The Kier molecular flexibility index (Phi) is 2.52. The molecule has 1 aromatic carbocycles. The highest BCUT2D eigenvalue weighted by molar-refractivity contribution is 7.17. The fourth-order valence-corrected chi connectivity index (χ4v) is 3.54. The van der Waals surface area contributed by atoms with Crippen LogP contribution in [0.25, 0.3) is 10.1 Å². The van der Waals surface area contributed by atoms with E-state index in [0.29, 0.717) is 5.78 Å². The van der Waals surface area contributed by atoms with Crippen LogP contribution in [0.2, 0.25) is 0 Å². The topological polar surface area (TPSA) is 17.1 Å². The smallest absolute Gasteiger partial charge is 0.136 e. The average molecular weight is 230 g/mol. The van der Waals surface area contributed by atoms with Crippen molar-refractivity contribution in [1.29, 1.82) is 0 Å². The normalized spacial score (nSPS) is 20.8. The maximum Gasteiger partial charge on any atom is 0.136 e. The van der Waals surface area contributed by atoms with E-state index in [-0.39, 0.29) is 5.92 Å². The van der Waals surface area contributed by atoms with E-state index >= 15 is 0 Å². The molecule has 0 saturated heterocycles. The van der Waals surface area contributed by atoms with Gasteiger partial charge in [0.2, 0.25) is 0 Å². The van der Waals surface area contributed by atoms with E-state index in [4.69, 9.17) is 0 Å². The number of benzene rings is 1. The molecule has 1 nitrogen and oxygen atoms in total. The van der Waals surface area contributed by atoms with Crippen molar-refractivity contribution in [3.05, 3.63) is 35.2 Å². The van der Waals surface area contributed by atoms with Crippen LogP contribution in [0.3, 0.4) is 0 Å².